The largest absolute Gasteiger partial charge is 0.493 e. The van der Waals surface area contributed by atoms with Gasteiger partial charge < -0.3 is 25.4 Å². The Balaban J connectivity index is 1.52. The number of nitrogens with one attached hydrogen (secondary N) is 3. The van der Waals surface area contributed by atoms with Crippen molar-refractivity contribution < 1.29 is 23.9 Å². The van der Waals surface area contributed by atoms with E-state index in [1.807, 2.05) is 50.2 Å². The number of benzene rings is 4. The van der Waals surface area contributed by atoms with E-state index in [9.17, 15) is 14.4 Å². The van der Waals surface area contributed by atoms with Crippen LogP contribution >= 0.6 is 11.8 Å². The molecule has 43 heavy (non-hydrogen) atoms. The van der Waals surface area contributed by atoms with Crippen LogP contribution in [0.4, 0.5) is 11.4 Å². The summed E-state index contributed by atoms with van der Waals surface area (Å²) in [7, 11) is 3.06. The Morgan fingerprint density at radius 3 is 2.16 bits per heavy atom. The fourth-order valence-electron chi connectivity index (χ4n) is 4.12. The lowest BCUT2D eigenvalue weighted by Gasteiger charge is -2.14. The van der Waals surface area contributed by atoms with Crippen molar-refractivity contribution in [1.82, 2.24) is 5.32 Å². The van der Waals surface area contributed by atoms with Gasteiger partial charge in [0.05, 0.1) is 19.5 Å². The Kier molecular flexibility index (Phi) is 10.6. The topological polar surface area (TPSA) is 106 Å². The first-order valence-electron chi connectivity index (χ1n) is 13.5. The second-order valence-electron chi connectivity index (χ2n) is 9.59. The zero-order valence-corrected chi connectivity index (χ0v) is 25.2. The number of amides is 3. The summed E-state index contributed by atoms with van der Waals surface area (Å²) in [6.07, 6.45) is 1.56. The molecule has 0 aliphatic carbocycles. The lowest BCUT2D eigenvalue weighted by atomic mass is 10.1. The number of ether oxygens (including phenoxy) is 2. The van der Waals surface area contributed by atoms with Crippen LogP contribution in [0.15, 0.2) is 108 Å². The van der Waals surface area contributed by atoms with E-state index in [2.05, 4.69) is 16.0 Å². The van der Waals surface area contributed by atoms with Gasteiger partial charge in [-0.2, -0.15) is 0 Å². The Bertz CT molecular complexity index is 1640. The van der Waals surface area contributed by atoms with Crippen LogP contribution in [0.3, 0.4) is 0 Å². The number of anilines is 2. The predicted molar refractivity (Wildman–Crippen MR) is 172 cm³/mol. The van der Waals surface area contributed by atoms with Crippen molar-refractivity contribution in [3.05, 3.63) is 119 Å². The number of aryl methyl sites for hydroxylation is 1. The van der Waals surface area contributed by atoms with E-state index in [1.54, 1.807) is 66.7 Å². The molecule has 1 unspecified atom stereocenters. The second-order valence-corrected chi connectivity index (χ2v) is 11.0. The normalized spacial score (nSPS) is 11.7. The summed E-state index contributed by atoms with van der Waals surface area (Å²) in [5, 5.41) is 8.15. The van der Waals surface area contributed by atoms with Crippen molar-refractivity contribution in [1.29, 1.82) is 0 Å². The molecule has 9 heteroatoms. The fourth-order valence-corrected chi connectivity index (χ4v) is 5.05. The van der Waals surface area contributed by atoms with Gasteiger partial charge in [0, 0.05) is 21.8 Å². The standard InChI is InChI=1S/C34H33N3O5S/c1-22-10-8-13-26(18-22)35-32(38)23(2)43-28-15-9-14-27(21-28)36-34(40)29(37-33(39)25-11-6-5-7-12-25)19-24-16-17-30(41-3)31(20-24)42-4/h5-21,23H,1-4H3,(H,35,38)(H,36,40)(H,37,39)/b29-19+. The van der Waals surface area contributed by atoms with Crippen LogP contribution < -0.4 is 25.4 Å². The highest BCUT2D eigenvalue weighted by Crippen LogP contribution is 2.29. The van der Waals surface area contributed by atoms with E-state index in [-0.39, 0.29) is 11.6 Å². The molecule has 1 atom stereocenters. The third kappa shape index (κ3) is 8.73. The van der Waals surface area contributed by atoms with Gasteiger partial charge in [0.25, 0.3) is 11.8 Å². The van der Waals surface area contributed by atoms with Crippen LogP contribution in [0.5, 0.6) is 11.5 Å². The van der Waals surface area contributed by atoms with Crippen LogP contribution in [0.25, 0.3) is 6.08 Å². The average Bonchev–Trinajstić information content (AvgIpc) is 3.01. The van der Waals surface area contributed by atoms with Crippen LogP contribution in [0.1, 0.15) is 28.4 Å². The molecule has 8 nitrogen and oxygen atoms in total. The zero-order chi connectivity index (χ0) is 30.8. The smallest absolute Gasteiger partial charge is 0.272 e. The molecule has 4 aromatic carbocycles. The molecule has 0 spiro atoms. The Labute approximate surface area is 255 Å². The van der Waals surface area contributed by atoms with Gasteiger partial charge in [0.15, 0.2) is 11.5 Å². The molecule has 0 radical (unpaired) electrons. The maximum absolute atomic E-state index is 13.5. The highest BCUT2D eigenvalue weighted by molar-refractivity contribution is 8.00. The maximum atomic E-state index is 13.5. The van der Waals surface area contributed by atoms with Crippen molar-refractivity contribution in [3.8, 4) is 11.5 Å². The van der Waals surface area contributed by atoms with E-state index in [4.69, 9.17) is 9.47 Å². The maximum Gasteiger partial charge on any atom is 0.272 e. The highest BCUT2D eigenvalue weighted by Gasteiger charge is 2.18. The van der Waals surface area contributed by atoms with Crippen molar-refractivity contribution >= 4 is 46.9 Å². The van der Waals surface area contributed by atoms with Gasteiger partial charge in [-0.25, -0.2) is 0 Å². The summed E-state index contributed by atoms with van der Waals surface area (Å²) >= 11 is 1.37. The molecule has 0 bridgehead atoms. The summed E-state index contributed by atoms with van der Waals surface area (Å²) in [5.41, 5.74) is 3.36. The molecule has 3 amide bonds. The van der Waals surface area contributed by atoms with Crippen LogP contribution in [0, 0.1) is 6.92 Å². The number of carbonyl (C=O) groups excluding carboxylic acids is 3. The summed E-state index contributed by atoms with van der Waals surface area (Å²) in [5.74, 6) is -0.0637. The van der Waals surface area contributed by atoms with Gasteiger partial charge in [-0.1, -0.05) is 42.5 Å². The molecular formula is C34H33N3O5S. The van der Waals surface area contributed by atoms with Gasteiger partial charge >= 0.3 is 0 Å². The molecular weight excluding hydrogens is 562 g/mol. The summed E-state index contributed by atoms with van der Waals surface area (Å²) < 4.78 is 10.7. The zero-order valence-electron chi connectivity index (χ0n) is 24.3. The van der Waals surface area contributed by atoms with Gasteiger partial charge in [0.2, 0.25) is 5.91 Å². The van der Waals surface area contributed by atoms with E-state index in [0.717, 1.165) is 16.1 Å². The minimum Gasteiger partial charge on any atom is -0.493 e. The van der Waals surface area contributed by atoms with Crippen LogP contribution in [-0.2, 0) is 9.59 Å². The quantitative estimate of drug-likeness (QED) is 0.134. The molecule has 0 aliphatic rings. The second kappa shape index (κ2) is 14.7. The molecule has 0 heterocycles. The first kappa shape index (κ1) is 30.9. The molecule has 0 aliphatic heterocycles. The highest BCUT2D eigenvalue weighted by atomic mass is 32.2. The Morgan fingerprint density at radius 1 is 0.767 bits per heavy atom. The molecule has 220 valence electrons. The molecule has 0 saturated heterocycles. The number of rotatable bonds is 11. The van der Waals surface area contributed by atoms with E-state index in [1.165, 1.54) is 26.0 Å². The number of methoxy groups -OCH3 is 2. The van der Waals surface area contributed by atoms with E-state index < -0.39 is 17.1 Å². The third-order valence-electron chi connectivity index (χ3n) is 6.31. The van der Waals surface area contributed by atoms with Gasteiger partial charge in [-0.05, 0) is 85.6 Å². The number of hydrogen-bond donors (Lipinski definition) is 3. The SMILES string of the molecule is COc1ccc(/C=C(/NC(=O)c2ccccc2)C(=O)Nc2cccc(SC(C)C(=O)Nc3cccc(C)c3)c2)cc1OC. The third-order valence-corrected chi connectivity index (χ3v) is 7.40. The average molecular weight is 596 g/mol. The van der Waals surface area contributed by atoms with Gasteiger partial charge in [-0.3, -0.25) is 14.4 Å². The minimum atomic E-state index is -0.522. The number of carbonyl (C=O) groups is 3. The summed E-state index contributed by atoms with van der Waals surface area (Å²) in [6, 6.07) is 28.6. The Morgan fingerprint density at radius 2 is 1.47 bits per heavy atom. The van der Waals surface area contributed by atoms with Crippen molar-refractivity contribution in [2.75, 3.05) is 24.9 Å². The van der Waals surface area contributed by atoms with E-state index in [0.29, 0.717) is 28.3 Å². The van der Waals surface area contributed by atoms with Crippen molar-refractivity contribution in [3.63, 3.8) is 0 Å². The predicted octanol–water partition coefficient (Wildman–Crippen LogP) is 6.54. The summed E-state index contributed by atoms with van der Waals surface area (Å²) in [4.78, 5) is 40.1. The van der Waals surface area contributed by atoms with Crippen molar-refractivity contribution in [2.24, 2.45) is 0 Å². The summed E-state index contributed by atoms with van der Waals surface area (Å²) in [6.45, 7) is 3.79. The monoisotopic (exact) mass is 595 g/mol. The lowest BCUT2D eigenvalue weighted by Crippen LogP contribution is -2.30. The van der Waals surface area contributed by atoms with Crippen LogP contribution in [0.2, 0.25) is 0 Å². The number of hydrogen-bond acceptors (Lipinski definition) is 6. The molecule has 4 rings (SSSR count). The molecule has 0 fully saturated rings. The first-order valence-corrected chi connectivity index (χ1v) is 14.4. The Hall–Kier alpha value is -5.02. The minimum absolute atomic E-state index is 0.0324. The first-order chi connectivity index (χ1) is 20.7. The molecule has 0 saturated carbocycles. The molecule has 4 aromatic rings. The van der Waals surface area contributed by atoms with Crippen LogP contribution in [-0.4, -0.2) is 37.2 Å². The van der Waals surface area contributed by atoms with Crippen molar-refractivity contribution in [2.45, 2.75) is 24.0 Å². The van der Waals surface area contributed by atoms with Gasteiger partial charge in [-0.15, -0.1) is 11.8 Å². The molecule has 3 N–H and O–H groups in total. The van der Waals surface area contributed by atoms with Gasteiger partial charge in [0.1, 0.15) is 5.70 Å². The number of thioether (sulfide) groups is 1. The fraction of sp³-hybridized carbons (Fsp3) is 0.147. The molecule has 0 aromatic heterocycles. The van der Waals surface area contributed by atoms with E-state index >= 15 is 0 Å². The lowest BCUT2D eigenvalue weighted by molar-refractivity contribution is -0.115.